The summed E-state index contributed by atoms with van der Waals surface area (Å²) in [7, 11) is 0. The number of ether oxygens (including phenoxy) is 1. The minimum atomic E-state index is -0.863. The lowest BCUT2D eigenvalue weighted by Crippen LogP contribution is -1.87. The van der Waals surface area contributed by atoms with E-state index in [1.807, 2.05) is 6.92 Å². The van der Waals surface area contributed by atoms with Crippen molar-refractivity contribution in [2.75, 3.05) is 0 Å². The molecule has 0 radical (unpaired) electrons. The monoisotopic (exact) mass is 200 g/mol. The van der Waals surface area contributed by atoms with Crippen molar-refractivity contribution in [2.45, 2.75) is 26.7 Å². The lowest BCUT2D eigenvalue weighted by Gasteiger charge is -1.83. The topological polar surface area (TPSA) is 63.6 Å². The van der Waals surface area contributed by atoms with Gasteiger partial charge in [0.1, 0.15) is 0 Å². The Morgan fingerprint density at radius 2 is 2.07 bits per heavy atom. The molecule has 0 saturated heterocycles. The summed E-state index contributed by atoms with van der Waals surface area (Å²) in [6.45, 7) is 6.49. The molecule has 0 spiro atoms. The third-order valence-electron chi connectivity index (χ3n) is 0.965. The summed E-state index contributed by atoms with van der Waals surface area (Å²) in [5.74, 6) is -1.19. The highest BCUT2D eigenvalue weighted by molar-refractivity contribution is 5.79. The van der Waals surface area contributed by atoms with Crippen LogP contribution in [0.15, 0.2) is 25.0 Å². The van der Waals surface area contributed by atoms with Crippen molar-refractivity contribution >= 4 is 11.9 Å². The molecule has 0 heterocycles. The van der Waals surface area contributed by atoms with E-state index in [9.17, 15) is 9.59 Å². The summed E-state index contributed by atoms with van der Waals surface area (Å²) >= 11 is 0. The fraction of sp³-hybridized carbons (Fsp3) is 0.400. The fourth-order valence-corrected chi connectivity index (χ4v) is 0.468. The molecule has 4 heteroatoms. The predicted octanol–water partition coefficient (Wildman–Crippen LogP) is 2.12. The summed E-state index contributed by atoms with van der Waals surface area (Å²) in [6.07, 6.45) is 5.78. The number of unbranched alkanes of at least 4 members (excludes halogenated alkanes) is 1. The number of rotatable bonds is 4. The molecule has 0 saturated carbocycles. The van der Waals surface area contributed by atoms with Crippen LogP contribution in [0, 0.1) is 0 Å². The van der Waals surface area contributed by atoms with Crippen LogP contribution in [-0.2, 0) is 14.3 Å². The number of allylic oxidation sites excluding steroid dienone is 1. The molecular weight excluding hydrogens is 184 g/mol. The van der Waals surface area contributed by atoms with Crippen molar-refractivity contribution in [1.82, 2.24) is 0 Å². The largest absolute Gasteiger partial charge is 0.478 e. The summed E-state index contributed by atoms with van der Waals surface area (Å²) in [6, 6.07) is 0. The first-order chi connectivity index (χ1) is 6.54. The van der Waals surface area contributed by atoms with Crippen LogP contribution in [0.2, 0.25) is 0 Å². The number of carbonyl (C=O) groups excluding carboxylic acids is 1. The Morgan fingerprint density at radius 3 is 2.29 bits per heavy atom. The Bertz CT molecular complexity index is 206. The number of aliphatic carboxylic acids is 1. The highest BCUT2D eigenvalue weighted by Gasteiger charge is 1.81. The molecule has 0 rings (SSSR count). The number of carbonyl (C=O) groups is 2. The maximum Gasteiger partial charge on any atom is 0.327 e. The maximum absolute atomic E-state index is 9.79. The first-order valence-electron chi connectivity index (χ1n) is 4.22. The van der Waals surface area contributed by atoms with Crippen molar-refractivity contribution in [2.24, 2.45) is 0 Å². The molecule has 4 nitrogen and oxygen atoms in total. The average Bonchev–Trinajstić information content (AvgIpc) is 2.05. The van der Waals surface area contributed by atoms with E-state index in [0.717, 1.165) is 19.1 Å². The fourth-order valence-electron chi connectivity index (χ4n) is 0.468. The van der Waals surface area contributed by atoms with E-state index in [-0.39, 0.29) is 5.97 Å². The zero-order valence-electron chi connectivity index (χ0n) is 8.53. The molecule has 0 fully saturated rings. The van der Waals surface area contributed by atoms with Gasteiger partial charge in [-0.3, -0.25) is 4.79 Å². The third kappa shape index (κ3) is 22.4. The summed E-state index contributed by atoms with van der Waals surface area (Å²) < 4.78 is 4.17. The number of hydrogen-bond donors (Lipinski definition) is 1. The molecule has 0 bridgehead atoms. The van der Waals surface area contributed by atoms with Gasteiger partial charge in [0.25, 0.3) is 0 Å². The Morgan fingerprint density at radius 1 is 1.50 bits per heavy atom. The first-order valence-corrected chi connectivity index (χ1v) is 4.22. The zero-order valence-corrected chi connectivity index (χ0v) is 8.53. The second-order valence-corrected chi connectivity index (χ2v) is 2.31. The Hall–Kier alpha value is -1.58. The van der Waals surface area contributed by atoms with E-state index in [1.54, 1.807) is 6.08 Å². The molecule has 0 aliphatic heterocycles. The highest BCUT2D eigenvalue weighted by Crippen LogP contribution is 1.86. The molecule has 0 atom stereocenters. The summed E-state index contributed by atoms with van der Waals surface area (Å²) in [4.78, 5) is 19.5. The van der Waals surface area contributed by atoms with Gasteiger partial charge in [-0.15, -0.1) is 0 Å². The van der Waals surface area contributed by atoms with Crippen LogP contribution in [0.5, 0.6) is 0 Å². The Kier molecular flexibility index (Phi) is 12.2. The highest BCUT2D eigenvalue weighted by atomic mass is 16.5. The van der Waals surface area contributed by atoms with E-state index in [1.165, 1.54) is 13.0 Å². The second kappa shape index (κ2) is 11.4. The summed E-state index contributed by atoms with van der Waals surface area (Å²) in [5, 5.41) is 8.05. The van der Waals surface area contributed by atoms with Crippen LogP contribution < -0.4 is 0 Å². The van der Waals surface area contributed by atoms with Gasteiger partial charge < -0.3 is 9.84 Å². The van der Waals surface area contributed by atoms with Crippen LogP contribution in [0.3, 0.4) is 0 Å². The van der Waals surface area contributed by atoms with Crippen molar-refractivity contribution < 1.29 is 19.4 Å². The Balaban J connectivity index is 0. The normalized spacial score (nSPS) is 8.71. The molecule has 0 aliphatic rings. The van der Waals surface area contributed by atoms with E-state index < -0.39 is 5.97 Å². The van der Waals surface area contributed by atoms with Gasteiger partial charge in [-0.05, 0) is 6.42 Å². The minimum absolute atomic E-state index is 0.329. The molecule has 0 aliphatic carbocycles. The van der Waals surface area contributed by atoms with Gasteiger partial charge in [0.05, 0.1) is 6.26 Å². The first kappa shape index (κ1) is 14.9. The standard InChI is InChI=1S/C6H10O2.C4H6O2/c1-2-3-4-5-6(7)8;1-3-6-4(2)5/h4-5H,2-3H2,1H3,(H,7,8);3H,1H2,2H3. The SMILES string of the molecule is C=COC(C)=O.CCCC=CC(=O)O. The predicted molar refractivity (Wildman–Crippen MR) is 53.6 cm³/mol. The van der Waals surface area contributed by atoms with E-state index >= 15 is 0 Å². The number of carboxylic acids is 1. The van der Waals surface area contributed by atoms with Gasteiger partial charge in [0.15, 0.2) is 0 Å². The Labute approximate surface area is 83.9 Å². The van der Waals surface area contributed by atoms with Crippen LogP contribution >= 0.6 is 0 Å². The molecule has 14 heavy (non-hydrogen) atoms. The smallest absolute Gasteiger partial charge is 0.327 e. The maximum atomic E-state index is 9.79. The van der Waals surface area contributed by atoms with Crippen LogP contribution in [0.4, 0.5) is 0 Å². The molecule has 0 aromatic carbocycles. The molecular formula is C10H16O4. The van der Waals surface area contributed by atoms with Gasteiger partial charge in [-0.25, -0.2) is 4.79 Å². The van der Waals surface area contributed by atoms with E-state index in [4.69, 9.17) is 5.11 Å². The second-order valence-electron chi connectivity index (χ2n) is 2.31. The molecule has 0 aromatic rings. The zero-order chi connectivity index (χ0) is 11.4. The molecule has 0 unspecified atom stereocenters. The van der Waals surface area contributed by atoms with Crippen molar-refractivity contribution in [3.8, 4) is 0 Å². The number of hydrogen-bond acceptors (Lipinski definition) is 3. The lowest BCUT2D eigenvalue weighted by molar-refractivity contribution is -0.135. The molecule has 0 amide bonds. The number of carboxylic acid groups (broad SMARTS) is 1. The van der Waals surface area contributed by atoms with Crippen molar-refractivity contribution in [3.05, 3.63) is 25.0 Å². The van der Waals surface area contributed by atoms with Crippen LogP contribution in [-0.4, -0.2) is 17.0 Å². The van der Waals surface area contributed by atoms with Gasteiger partial charge in [0, 0.05) is 13.0 Å². The molecule has 80 valence electrons. The van der Waals surface area contributed by atoms with Crippen LogP contribution in [0.1, 0.15) is 26.7 Å². The third-order valence-corrected chi connectivity index (χ3v) is 0.965. The van der Waals surface area contributed by atoms with E-state index in [0.29, 0.717) is 0 Å². The lowest BCUT2D eigenvalue weighted by atomic mass is 10.3. The molecule has 0 aromatic heterocycles. The number of esters is 1. The van der Waals surface area contributed by atoms with E-state index in [2.05, 4.69) is 11.3 Å². The van der Waals surface area contributed by atoms with Crippen LogP contribution in [0.25, 0.3) is 0 Å². The van der Waals surface area contributed by atoms with Gasteiger partial charge in [-0.1, -0.05) is 26.0 Å². The van der Waals surface area contributed by atoms with Crippen molar-refractivity contribution in [3.63, 3.8) is 0 Å². The minimum Gasteiger partial charge on any atom is -0.478 e. The average molecular weight is 200 g/mol. The van der Waals surface area contributed by atoms with Gasteiger partial charge in [0.2, 0.25) is 0 Å². The molecule has 1 N–H and O–H groups in total. The van der Waals surface area contributed by atoms with Crippen molar-refractivity contribution in [1.29, 1.82) is 0 Å². The quantitative estimate of drug-likeness (QED) is 0.429. The van der Waals surface area contributed by atoms with Gasteiger partial charge in [-0.2, -0.15) is 0 Å². The summed E-state index contributed by atoms with van der Waals surface area (Å²) in [5.41, 5.74) is 0. The van der Waals surface area contributed by atoms with Gasteiger partial charge >= 0.3 is 11.9 Å².